The first-order valence-electron chi connectivity index (χ1n) is 7.31. The molecule has 0 atom stereocenters. The topological polar surface area (TPSA) is 48.4 Å². The van der Waals surface area contributed by atoms with Crippen LogP contribution >= 0.6 is 0 Å². The van der Waals surface area contributed by atoms with Gasteiger partial charge in [0.25, 0.3) is 0 Å². The Bertz CT molecular complexity index is 829. The van der Waals surface area contributed by atoms with E-state index in [2.05, 4.69) is 9.72 Å². The molecule has 10 heteroatoms. The summed E-state index contributed by atoms with van der Waals surface area (Å²) in [6, 6.07) is 2.65. The molecule has 0 aliphatic carbocycles. The van der Waals surface area contributed by atoms with Crippen molar-refractivity contribution in [2.75, 3.05) is 13.2 Å². The van der Waals surface area contributed by atoms with Gasteiger partial charge in [0.2, 0.25) is 0 Å². The molecule has 0 N–H and O–H groups in total. The van der Waals surface area contributed by atoms with Crippen LogP contribution in [0.1, 0.15) is 28.5 Å². The predicted octanol–water partition coefficient (Wildman–Crippen LogP) is 4.68. The van der Waals surface area contributed by atoms with Crippen molar-refractivity contribution in [1.29, 1.82) is 0 Å². The maximum Gasteiger partial charge on any atom is 0.422 e. The number of carbonyl (C=O) groups excluding carboxylic acids is 1. The van der Waals surface area contributed by atoms with Crippen LogP contribution in [0.5, 0.6) is 5.75 Å². The van der Waals surface area contributed by atoms with E-state index in [-0.39, 0.29) is 23.3 Å². The van der Waals surface area contributed by atoms with Crippen molar-refractivity contribution in [3.63, 3.8) is 0 Å². The van der Waals surface area contributed by atoms with Crippen LogP contribution in [0.25, 0.3) is 10.9 Å². The summed E-state index contributed by atoms with van der Waals surface area (Å²) in [7, 11) is 0. The van der Waals surface area contributed by atoms with Crippen LogP contribution in [-0.2, 0) is 10.9 Å². The molecule has 0 aliphatic heterocycles. The molecule has 1 aromatic carbocycles. The number of hydrogen-bond acceptors (Lipinski definition) is 4. The van der Waals surface area contributed by atoms with Crippen molar-refractivity contribution in [3.8, 4) is 5.75 Å². The van der Waals surface area contributed by atoms with Crippen molar-refractivity contribution in [2.24, 2.45) is 0 Å². The number of esters is 1. The van der Waals surface area contributed by atoms with Gasteiger partial charge in [-0.25, -0.2) is 9.78 Å². The number of benzene rings is 1. The Balaban J connectivity index is 2.64. The first-order chi connectivity index (χ1) is 11.9. The normalized spacial score (nSPS) is 12.3. The Hall–Kier alpha value is -2.52. The van der Waals surface area contributed by atoms with E-state index >= 15 is 0 Å². The summed E-state index contributed by atoms with van der Waals surface area (Å²) in [5, 5.41) is -0.0787. The second-order valence-corrected chi connectivity index (χ2v) is 5.31. The number of hydrogen-bond donors (Lipinski definition) is 0. The van der Waals surface area contributed by atoms with Gasteiger partial charge in [-0.05, 0) is 37.6 Å². The maximum atomic E-state index is 13.4. The lowest BCUT2D eigenvalue weighted by atomic mass is 10.0. The first kappa shape index (κ1) is 19.8. The van der Waals surface area contributed by atoms with Crippen LogP contribution in [0.4, 0.5) is 26.3 Å². The molecule has 0 radical (unpaired) electrons. The molecule has 2 rings (SSSR count). The third-order valence-electron chi connectivity index (χ3n) is 3.29. The Kier molecular flexibility index (Phi) is 5.33. The lowest BCUT2D eigenvalue weighted by Crippen LogP contribution is -2.19. The van der Waals surface area contributed by atoms with Crippen LogP contribution in [-0.4, -0.2) is 30.3 Å². The Labute approximate surface area is 143 Å². The van der Waals surface area contributed by atoms with Gasteiger partial charge in [-0.15, -0.1) is 0 Å². The minimum atomic E-state index is -4.91. The Morgan fingerprint density at radius 2 is 1.77 bits per heavy atom. The van der Waals surface area contributed by atoms with Crippen molar-refractivity contribution in [1.82, 2.24) is 4.98 Å². The third kappa shape index (κ3) is 4.55. The quantitative estimate of drug-likeness (QED) is 0.570. The molecule has 4 nitrogen and oxygen atoms in total. The van der Waals surface area contributed by atoms with Crippen molar-refractivity contribution in [3.05, 3.63) is 35.0 Å². The van der Waals surface area contributed by atoms with E-state index in [1.807, 2.05) is 0 Å². The second-order valence-electron chi connectivity index (χ2n) is 5.31. The van der Waals surface area contributed by atoms with Gasteiger partial charge in [0.1, 0.15) is 11.4 Å². The Morgan fingerprint density at radius 1 is 1.12 bits per heavy atom. The van der Waals surface area contributed by atoms with Crippen LogP contribution < -0.4 is 4.74 Å². The zero-order valence-electron chi connectivity index (χ0n) is 13.6. The molecule has 0 amide bonds. The van der Waals surface area contributed by atoms with Gasteiger partial charge in [-0.3, -0.25) is 0 Å². The average Bonchev–Trinajstić information content (AvgIpc) is 2.51. The van der Waals surface area contributed by atoms with E-state index in [0.717, 1.165) is 6.07 Å². The van der Waals surface area contributed by atoms with Crippen molar-refractivity contribution >= 4 is 16.9 Å². The molecule has 0 fully saturated rings. The highest BCUT2D eigenvalue weighted by atomic mass is 19.4. The highest BCUT2D eigenvalue weighted by molar-refractivity contribution is 5.94. The molecule has 1 heterocycles. The summed E-state index contributed by atoms with van der Waals surface area (Å²) < 4.78 is 86.0. The van der Waals surface area contributed by atoms with Gasteiger partial charge in [0, 0.05) is 5.39 Å². The summed E-state index contributed by atoms with van der Waals surface area (Å²) >= 11 is 0. The summed E-state index contributed by atoms with van der Waals surface area (Å²) in [5.74, 6) is -1.50. The predicted molar refractivity (Wildman–Crippen MR) is 79.0 cm³/mol. The molecule has 0 unspecified atom stereocenters. The standard InChI is InChI=1S/C16H13F6NO3/c1-3-25-14(24)12-4-8(2)10-5-9(26-7-15(17,18)19)6-11(13(10)23-12)16(20,21)22/h4-6H,3,7H2,1-2H3. The molecule has 0 saturated heterocycles. The molecular weight excluding hydrogens is 368 g/mol. The van der Waals surface area contributed by atoms with Crippen LogP contribution in [0.3, 0.4) is 0 Å². The number of fused-ring (bicyclic) bond motifs is 1. The van der Waals surface area contributed by atoms with Crippen LogP contribution in [0.2, 0.25) is 0 Å². The van der Waals surface area contributed by atoms with Gasteiger partial charge in [-0.1, -0.05) is 0 Å². The highest BCUT2D eigenvalue weighted by Crippen LogP contribution is 2.38. The second kappa shape index (κ2) is 7.00. The number of ether oxygens (including phenoxy) is 2. The fraction of sp³-hybridized carbons (Fsp3) is 0.375. The molecule has 0 bridgehead atoms. The van der Waals surface area contributed by atoms with E-state index in [1.165, 1.54) is 19.9 Å². The zero-order valence-corrected chi connectivity index (χ0v) is 13.6. The number of nitrogens with zero attached hydrogens (tertiary/aromatic N) is 1. The van der Waals surface area contributed by atoms with Gasteiger partial charge < -0.3 is 9.47 Å². The molecule has 1 aromatic heterocycles. The largest absolute Gasteiger partial charge is 0.484 e. The molecular formula is C16H13F6NO3. The molecule has 26 heavy (non-hydrogen) atoms. The molecule has 0 saturated carbocycles. The van der Waals surface area contributed by atoms with Crippen LogP contribution in [0.15, 0.2) is 18.2 Å². The fourth-order valence-electron chi connectivity index (χ4n) is 2.24. The van der Waals surface area contributed by atoms with E-state index < -0.39 is 41.8 Å². The number of alkyl halides is 6. The fourth-order valence-corrected chi connectivity index (χ4v) is 2.24. The van der Waals surface area contributed by atoms with Gasteiger partial charge in [-0.2, -0.15) is 26.3 Å². The average molecular weight is 381 g/mol. The lowest BCUT2D eigenvalue weighted by molar-refractivity contribution is -0.153. The monoisotopic (exact) mass is 381 g/mol. The van der Waals surface area contributed by atoms with Gasteiger partial charge in [0.05, 0.1) is 17.7 Å². The number of pyridine rings is 1. The van der Waals surface area contributed by atoms with Crippen molar-refractivity contribution in [2.45, 2.75) is 26.2 Å². The lowest BCUT2D eigenvalue weighted by Gasteiger charge is -2.16. The van der Waals surface area contributed by atoms with Gasteiger partial charge in [0.15, 0.2) is 6.61 Å². The molecule has 0 spiro atoms. The minimum absolute atomic E-state index is 0.00788. The number of rotatable bonds is 4. The maximum absolute atomic E-state index is 13.4. The summed E-state index contributed by atoms with van der Waals surface area (Å²) in [5.41, 5.74) is -1.99. The number of aromatic nitrogens is 1. The molecule has 2 aromatic rings. The third-order valence-corrected chi connectivity index (χ3v) is 3.29. The summed E-state index contributed by atoms with van der Waals surface area (Å²) in [4.78, 5) is 15.5. The number of carbonyl (C=O) groups is 1. The summed E-state index contributed by atoms with van der Waals surface area (Å²) in [6.07, 6.45) is -9.61. The highest BCUT2D eigenvalue weighted by Gasteiger charge is 2.35. The molecule has 0 aliphatic rings. The smallest absolute Gasteiger partial charge is 0.422 e. The van der Waals surface area contributed by atoms with E-state index in [4.69, 9.17) is 4.74 Å². The minimum Gasteiger partial charge on any atom is -0.484 e. The van der Waals surface area contributed by atoms with Gasteiger partial charge >= 0.3 is 18.3 Å². The van der Waals surface area contributed by atoms with E-state index in [1.54, 1.807) is 0 Å². The van der Waals surface area contributed by atoms with Crippen LogP contribution in [0, 0.1) is 6.92 Å². The molecule has 142 valence electrons. The van der Waals surface area contributed by atoms with E-state index in [9.17, 15) is 31.1 Å². The summed E-state index contributed by atoms with van der Waals surface area (Å²) in [6.45, 7) is 1.20. The van der Waals surface area contributed by atoms with Crippen molar-refractivity contribution < 1.29 is 40.6 Å². The first-order valence-corrected chi connectivity index (χ1v) is 7.31. The van der Waals surface area contributed by atoms with E-state index in [0.29, 0.717) is 6.07 Å². The number of aryl methyl sites for hydroxylation is 1. The Morgan fingerprint density at radius 3 is 2.31 bits per heavy atom. The zero-order chi connectivity index (χ0) is 19.7. The number of halogens is 6. The SMILES string of the molecule is CCOC(=O)c1cc(C)c2cc(OCC(F)(F)F)cc(C(F)(F)F)c2n1.